The molecule has 1 amide bonds. The lowest BCUT2D eigenvalue weighted by atomic mass is 10.2. The monoisotopic (exact) mass is 241 g/mol. The molecule has 1 heterocycles. The van der Waals surface area contributed by atoms with E-state index in [1.54, 1.807) is 0 Å². The average Bonchev–Trinajstić information content (AvgIpc) is 2.23. The highest BCUT2D eigenvalue weighted by atomic mass is 16.4. The first kappa shape index (κ1) is 12.6. The zero-order chi connectivity index (χ0) is 13.0. The molecule has 17 heavy (non-hydrogen) atoms. The van der Waals surface area contributed by atoms with E-state index >= 15 is 0 Å². The Morgan fingerprint density at radius 2 is 2.12 bits per heavy atom. The van der Waals surface area contributed by atoms with Crippen LogP contribution in [0, 0.1) is 0 Å². The summed E-state index contributed by atoms with van der Waals surface area (Å²) in [7, 11) is 0. The predicted octanol–water partition coefficient (Wildman–Crippen LogP) is -1.67. The minimum atomic E-state index is -1.05. The van der Waals surface area contributed by atoms with Gasteiger partial charge in [0.25, 0.3) is 11.5 Å². The fourth-order valence-corrected chi connectivity index (χ4v) is 1.06. The Bertz CT molecular complexity index is 509. The Morgan fingerprint density at radius 1 is 1.47 bits per heavy atom. The number of nitrogens with one attached hydrogen (secondary N) is 1. The molecule has 0 unspecified atom stereocenters. The Hall–Kier alpha value is -2.45. The number of hydrogen-bond acceptors (Lipinski definition) is 6. The van der Waals surface area contributed by atoms with Crippen LogP contribution in [0.5, 0.6) is 0 Å². The van der Waals surface area contributed by atoms with Crippen molar-refractivity contribution in [2.24, 2.45) is 0 Å². The molecule has 0 radical (unpaired) electrons. The second-order valence-corrected chi connectivity index (χ2v) is 3.22. The molecule has 0 spiro atoms. The maximum absolute atomic E-state index is 11.6. The van der Waals surface area contributed by atoms with Crippen molar-refractivity contribution in [2.75, 3.05) is 11.2 Å². The van der Waals surface area contributed by atoms with Crippen LogP contribution < -0.4 is 16.7 Å². The molecule has 1 aromatic heterocycles. The van der Waals surface area contributed by atoms with Crippen molar-refractivity contribution < 1.29 is 14.7 Å². The van der Waals surface area contributed by atoms with Gasteiger partial charge in [-0.25, -0.2) is 0 Å². The highest BCUT2D eigenvalue weighted by molar-refractivity contribution is 5.86. The maximum atomic E-state index is 11.6. The number of carboxylic acid groups (broad SMARTS) is 1. The number of carboxylic acids is 1. The van der Waals surface area contributed by atoms with Gasteiger partial charge in [-0.15, -0.1) is 10.2 Å². The van der Waals surface area contributed by atoms with Gasteiger partial charge in [0.05, 0.1) is 6.42 Å². The Kier molecular flexibility index (Phi) is 3.75. The van der Waals surface area contributed by atoms with Gasteiger partial charge in [-0.2, -0.15) is 4.68 Å². The molecule has 1 aromatic rings. The number of rotatable bonds is 4. The van der Waals surface area contributed by atoms with Gasteiger partial charge in [0, 0.05) is 13.3 Å². The molecule has 0 bridgehead atoms. The highest BCUT2D eigenvalue weighted by Crippen LogP contribution is 1.97. The van der Waals surface area contributed by atoms with Gasteiger partial charge in [-0.1, -0.05) is 0 Å². The maximum Gasteiger partial charge on any atom is 0.303 e. The van der Waals surface area contributed by atoms with Gasteiger partial charge in [0.2, 0.25) is 5.91 Å². The van der Waals surface area contributed by atoms with Crippen LogP contribution in [0.3, 0.4) is 0 Å². The van der Waals surface area contributed by atoms with Gasteiger partial charge in [-0.05, 0) is 0 Å². The van der Waals surface area contributed by atoms with E-state index in [-0.39, 0.29) is 24.5 Å². The van der Waals surface area contributed by atoms with E-state index in [1.807, 2.05) is 0 Å². The van der Waals surface area contributed by atoms with Gasteiger partial charge in [-0.3, -0.25) is 19.7 Å². The van der Waals surface area contributed by atoms with Gasteiger partial charge >= 0.3 is 5.97 Å². The number of carbonyl (C=O) groups is 2. The van der Waals surface area contributed by atoms with Crippen LogP contribution in [0.4, 0.5) is 5.95 Å². The predicted molar refractivity (Wildman–Crippen MR) is 56.7 cm³/mol. The van der Waals surface area contributed by atoms with Crippen molar-refractivity contribution in [1.82, 2.24) is 14.9 Å². The second-order valence-electron chi connectivity index (χ2n) is 3.22. The summed E-state index contributed by atoms with van der Waals surface area (Å²) in [5.74, 6) is 3.68. The Balaban J connectivity index is 2.98. The Morgan fingerprint density at radius 3 is 2.65 bits per heavy atom. The van der Waals surface area contributed by atoms with E-state index in [0.29, 0.717) is 4.68 Å². The third kappa shape index (κ3) is 3.26. The first-order valence-corrected chi connectivity index (χ1v) is 4.65. The standard InChI is InChI=1S/C8H11N5O4/c1-4(14)10-8-12-11-5(2-3-6(15)16)7(17)13(8)9/h2-3,9H2,1H3,(H,15,16)(H,10,12,14). The quantitative estimate of drug-likeness (QED) is 0.535. The Labute approximate surface area is 95.2 Å². The lowest BCUT2D eigenvalue weighted by Crippen LogP contribution is -2.35. The third-order valence-corrected chi connectivity index (χ3v) is 1.82. The van der Waals surface area contributed by atoms with Crippen molar-refractivity contribution in [3.8, 4) is 0 Å². The van der Waals surface area contributed by atoms with Crippen molar-refractivity contribution in [2.45, 2.75) is 19.8 Å². The molecular weight excluding hydrogens is 230 g/mol. The van der Waals surface area contributed by atoms with Crippen molar-refractivity contribution >= 4 is 17.8 Å². The number of hydrogen-bond donors (Lipinski definition) is 3. The van der Waals surface area contributed by atoms with Crippen LogP contribution in [-0.4, -0.2) is 31.9 Å². The zero-order valence-electron chi connectivity index (χ0n) is 9.01. The molecular formula is C8H11N5O4. The zero-order valence-corrected chi connectivity index (χ0v) is 9.01. The summed E-state index contributed by atoms with van der Waals surface area (Å²) in [5.41, 5.74) is -0.756. The molecule has 0 aliphatic heterocycles. The lowest BCUT2D eigenvalue weighted by molar-refractivity contribution is -0.137. The summed E-state index contributed by atoms with van der Waals surface area (Å²) in [6, 6.07) is 0. The molecule has 4 N–H and O–H groups in total. The largest absolute Gasteiger partial charge is 0.481 e. The van der Waals surface area contributed by atoms with Crippen molar-refractivity contribution in [1.29, 1.82) is 0 Å². The smallest absolute Gasteiger partial charge is 0.303 e. The topological polar surface area (TPSA) is 140 Å². The molecule has 0 aliphatic rings. The first-order chi connectivity index (χ1) is 7.91. The minimum Gasteiger partial charge on any atom is -0.481 e. The molecule has 1 rings (SSSR count). The number of amides is 1. The number of carbonyl (C=O) groups excluding carboxylic acids is 1. The number of nitrogen functional groups attached to an aromatic ring is 1. The van der Waals surface area contributed by atoms with E-state index in [0.717, 1.165) is 0 Å². The summed E-state index contributed by atoms with van der Waals surface area (Å²) in [5, 5.41) is 17.7. The number of anilines is 1. The molecule has 9 heteroatoms. The number of aryl methyl sites for hydroxylation is 1. The van der Waals surface area contributed by atoms with Gasteiger partial charge in [0.1, 0.15) is 5.69 Å². The summed E-state index contributed by atoms with van der Waals surface area (Å²) in [6.45, 7) is 1.23. The summed E-state index contributed by atoms with van der Waals surface area (Å²) in [6.07, 6.45) is -0.317. The molecule has 0 aliphatic carbocycles. The number of aromatic nitrogens is 3. The molecule has 0 fully saturated rings. The third-order valence-electron chi connectivity index (χ3n) is 1.82. The fourth-order valence-electron chi connectivity index (χ4n) is 1.06. The van der Waals surface area contributed by atoms with Crippen LogP contribution >= 0.6 is 0 Å². The van der Waals surface area contributed by atoms with E-state index < -0.39 is 17.4 Å². The minimum absolute atomic E-state index is 0.0657. The molecule has 0 atom stereocenters. The molecule has 9 nitrogen and oxygen atoms in total. The molecule has 0 saturated carbocycles. The van der Waals surface area contributed by atoms with Crippen molar-refractivity contribution in [3.63, 3.8) is 0 Å². The van der Waals surface area contributed by atoms with E-state index in [4.69, 9.17) is 10.9 Å². The highest BCUT2D eigenvalue weighted by Gasteiger charge is 2.11. The fraction of sp³-hybridized carbons (Fsp3) is 0.375. The number of nitrogens with zero attached hydrogens (tertiary/aromatic N) is 3. The van der Waals surface area contributed by atoms with Crippen LogP contribution in [-0.2, 0) is 16.0 Å². The van der Waals surface area contributed by atoms with Crippen molar-refractivity contribution in [3.05, 3.63) is 16.0 Å². The second kappa shape index (κ2) is 5.05. The van der Waals surface area contributed by atoms with Crippen LogP contribution in [0.25, 0.3) is 0 Å². The number of nitrogens with two attached hydrogens (primary N) is 1. The van der Waals surface area contributed by atoms with Crippen LogP contribution in [0.15, 0.2) is 4.79 Å². The SMILES string of the molecule is CC(=O)Nc1nnc(CCC(=O)O)c(=O)n1N. The van der Waals surface area contributed by atoms with Crippen LogP contribution in [0.1, 0.15) is 19.0 Å². The molecule has 92 valence electrons. The van der Waals surface area contributed by atoms with Gasteiger partial charge < -0.3 is 10.9 Å². The van der Waals surface area contributed by atoms with Crippen LogP contribution in [0.2, 0.25) is 0 Å². The molecule has 0 saturated heterocycles. The van der Waals surface area contributed by atoms with E-state index in [2.05, 4.69) is 15.5 Å². The van der Waals surface area contributed by atoms with Gasteiger partial charge in [0.15, 0.2) is 0 Å². The lowest BCUT2D eigenvalue weighted by Gasteiger charge is -2.06. The average molecular weight is 241 g/mol. The summed E-state index contributed by atoms with van der Waals surface area (Å²) < 4.78 is 0.617. The number of aliphatic carboxylic acids is 1. The van der Waals surface area contributed by atoms with E-state index in [1.165, 1.54) is 6.92 Å². The first-order valence-electron chi connectivity index (χ1n) is 4.65. The van der Waals surface area contributed by atoms with E-state index in [9.17, 15) is 14.4 Å². The molecule has 0 aromatic carbocycles. The summed E-state index contributed by atoms with van der Waals surface area (Å²) in [4.78, 5) is 32.7. The normalized spacial score (nSPS) is 9.94. The summed E-state index contributed by atoms with van der Waals surface area (Å²) >= 11 is 0.